The quantitative estimate of drug-likeness (QED) is 0.524. The molecule has 12 heavy (non-hydrogen) atoms. The highest BCUT2D eigenvalue weighted by Crippen LogP contribution is 2.11. The molecule has 0 radical (unpaired) electrons. The maximum absolute atomic E-state index is 5.78. The third kappa shape index (κ3) is 2.42. The molecule has 1 nitrogen and oxygen atoms in total. The van der Waals surface area contributed by atoms with Crippen LogP contribution >= 0.6 is 0 Å². The van der Waals surface area contributed by atoms with Gasteiger partial charge in [0.2, 0.25) is 0 Å². The van der Waals surface area contributed by atoms with Crippen LogP contribution in [0.3, 0.4) is 0 Å². The van der Waals surface area contributed by atoms with Gasteiger partial charge in [0.25, 0.3) is 0 Å². The van der Waals surface area contributed by atoms with Crippen molar-refractivity contribution in [2.75, 3.05) is 5.73 Å². The SMILES string of the molecule is CC(C)=CCc1ccccc1N. The summed E-state index contributed by atoms with van der Waals surface area (Å²) in [6.45, 7) is 4.19. The molecule has 1 aromatic rings. The predicted molar refractivity (Wildman–Crippen MR) is 54.0 cm³/mol. The summed E-state index contributed by atoms with van der Waals surface area (Å²) in [4.78, 5) is 0. The molecule has 0 atom stereocenters. The van der Waals surface area contributed by atoms with E-state index in [1.807, 2.05) is 18.2 Å². The Hall–Kier alpha value is -1.24. The van der Waals surface area contributed by atoms with Crippen molar-refractivity contribution >= 4 is 5.69 Å². The van der Waals surface area contributed by atoms with Gasteiger partial charge in [-0.1, -0.05) is 29.8 Å². The molecule has 2 N–H and O–H groups in total. The predicted octanol–water partition coefficient (Wildman–Crippen LogP) is 2.78. The van der Waals surface area contributed by atoms with Crippen LogP contribution in [-0.2, 0) is 6.42 Å². The van der Waals surface area contributed by atoms with Crippen molar-refractivity contribution in [2.45, 2.75) is 20.3 Å². The van der Waals surface area contributed by atoms with E-state index in [9.17, 15) is 0 Å². The van der Waals surface area contributed by atoms with Crippen molar-refractivity contribution < 1.29 is 0 Å². The zero-order valence-corrected chi connectivity index (χ0v) is 7.67. The maximum Gasteiger partial charge on any atom is 0.0349 e. The van der Waals surface area contributed by atoms with Gasteiger partial charge in [0.1, 0.15) is 0 Å². The lowest BCUT2D eigenvalue weighted by molar-refractivity contribution is 1.22. The van der Waals surface area contributed by atoms with Crippen LogP contribution in [0.5, 0.6) is 0 Å². The van der Waals surface area contributed by atoms with Crippen LogP contribution in [-0.4, -0.2) is 0 Å². The van der Waals surface area contributed by atoms with E-state index in [1.165, 1.54) is 11.1 Å². The second-order valence-corrected chi connectivity index (χ2v) is 3.18. The summed E-state index contributed by atoms with van der Waals surface area (Å²) in [6.07, 6.45) is 3.13. The van der Waals surface area contributed by atoms with Crippen LogP contribution in [0.1, 0.15) is 19.4 Å². The Kier molecular flexibility index (Phi) is 2.92. The summed E-state index contributed by atoms with van der Waals surface area (Å²) in [7, 11) is 0. The van der Waals surface area contributed by atoms with E-state index in [-0.39, 0.29) is 0 Å². The molecule has 0 amide bonds. The van der Waals surface area contributed by atoms with E-state index in [2.05, 4.69) is 26.0 Å². The summed E-state index contributed by atoms with van der Waals surface area (Å²) >= 11 is 0. The lowest BCUT2D eigenvalue weighted by atomic mass is 10.1. The fourth-order valence-electron chi connectivity index (χ4n) is 1.03. The molecule has 0 aliphatic carbocycles. The van der Waals surface area contributed by atoms with E-state index < -0.39 is 0 Å². The van der Waals surface area contributed by atoms with Gasteiger partial charge in [-0.3, -0.25) is 0 Å². The maximum atomic E-state index is 5.78. The first kappa shape index (κ1) is 8.85. The van der Waals surface area contributed by atoms with Crippen LogP contribution < -0.4 is 5.73 Å². The van der Waals surface area contributed by atoms with Crippen LogP contribution in [0.25, 0.3) is 0 Å². The highest BCUT2D eigenvalue weighted by atomic mass is 14.5. The Balaban J connectivity index is 2.76. The molecule has 0 heterocycles. The Morgan fingerprint density at radius 1 is 1.33 bits per heavy atom. The van der Waals surface area contributed by atoms with Gasteiger partial charge in [0.15, 0.2) is 0 Å². The van der Waals surface area contributed by atoms with Gasteiger partial charge in [0, 0.05) is 5.69 Å². The number of hydrogen-bond acceptors (Lipinski definition) is 1. The molecule has 0 aliphatic rings. The van der Waals surface area contributed by atoms with Crippen LogP contribution in [0, 0.1) is 0 Å². The van der Waals surface area contributed by atoms with Crippen molar-refractivity contribution in [2.24, 2.45) is 0 Å². The van der Waals surface area contributed by atoms with Crippen LogP contribution in [0.4, 0.5) is 5.69 Å². The molecule has 0 bridgehead atoms. The minimum atomic E-state index is 0.884. The van der Waals surface area contributed by atoms with E-state index in [0.717, 1.165) is 12.1 Å². The number of benzene rings is 1. The minimum Gasteiger partial charge on any atom is -0.398 e. The topological polar surface area (TPSA) is 26.0 Å². The van der Waals surface area contributed by atoms with Gasteiger partial charge in [-0.2, -0.15) is 0 Å². The van der Waals surface area contributed by atoms with Gasteiger partial charge in [-0.05, 0) is 31.9 Å². The van der Waals surface area contributed by atoms with E-state index >= 15 is 0 Å². The van der Waals surface area contributed by atoms with Gasteiger partial charge in [-0.15, -0.1) is 0 Å². The van der Waals surface area contributed by atoms with Gasteiger partial charge >= 0.3 is 0 Å². The summed E-state index contributed by atoms with van der Waals surface area (Å²) in [5, 5.41) is 0. The zero-order valence-electron chi connectivity index (χ0n) is 7.67. The Morgan fingerprint density at radius 2 is 2.00 bits per heavy atom. The third-order valence-electron chi connectivity index (χ3n) is 1.79. The minimum absolute atomic E-state index is 0.884. The van der Waals surface area contributed by atoms with Crippen LogP contribution in [0.15, 0.2) is 35.9 Å². The molecule has 1 heteroatoms. The monoisotopic (exact) mass is 161 g/mol. The second-order valence-electron chi connectivity index (χ2n) is 3.18. The Bertz CT molecular complexity index is 283. The number of nitrogen functional groups attached to an aromatic ring is 1. The first-order valence-electron chi connectivity index (χ1n) is 4.17. The summed E-state index contributed by atoms with van der Waals surface area (Å²) < 4.78 is 0. The number of anilines is 1. The first-order chi connectivity index (χ1) is 5.70. The van der Waals surface area contributed by atoms with Crippen LogP contribution in [0.2, 0.25) is 0 Å². The van der Waals surface area contributed by atoms with E-state index in [4.69, 9.17) is 5.73 Å². The lowest BCUT2D eigenvalue weighted by Gasteiger charge is -2.01. The Labute approximate surface area is 73.9 Å². The molecule has 1 rings (SSSR count). The Morgan fingerprint density at radius 3 is 2.58 bits per heavy atom. The number of allylic oxidation sites excluding steroid dienone is 2. The van der Waals surface area contributed by atoms with Gasteiger partial charge in [0.05, 0.1) is 0 Å². The molecule has 0 saturated carbocycles. The average Bonchev–Trinajstić information content (AvgIpc) is 2.03. The second kappa shape index (κ2) is 3.96. The van der Waals surface area contributed by atoms with Crippen molar-refractivity contribution in [3.63, 3.8) is 0 Å². The number of nitrogens with two attached hydrogens (primary N) is 1. The standard InChI is InChI=1S/C11H15N/c1-9(2)7-8-10-5-3-4-6-11(10)12/h3-7H,8,12H2,1-2H3. The number of hydrogen-bond donors (Lipinski definition) is 1. The molecular formula is C11H15N. The normalized spacial score (nSPS) is 9.50. The average molecular weight is 161 g/mol. The number of para-hydroxylation sites is 1. The molecule has 0 aliphatic heterocycles. The van der Waals surface area contributed by atoms with Crippen molar-refractivity contribution in [3.8, 4) is 0 Å². The van der Waals surface area contributed by atoms with Crippen molar-refractivity contribution in [1.29, 1.82) is 0 Å². The van der Waals surface area contributed by atoms with Crippen molar-refractivity contribution in [1.82, 2.24) is 0 Å². The highest BCUT2D eigenvalue weighted by Gasteiger charge is 1.93. The third-order valence-corrected chi connectivity index (χ3v) is 1.79. The molecule has 0 saturated heterocycles. The molecular weight excluding hydrogens is 146 g/mol. The van der Waals surface area contributed by atoms with Gasteiger partial charge < -0.3 is 5.73 Å². The largest absolute Gasteiger partial charge is 0.398 e. The van der Waals surface area contributed by atoms with E-state index in [1.54, 1.807) is 0 Å². The summed E-state index contributed by atoms with van der Waals surface area (Å²) in [5.41, 5.74) is 9.20. The summed E-state index contributed by atoms with van der Waals surface area (Å²) in [6, 6.07) is 7.98. The first-order valence-corrected chi connectivity index (χ1v) is 4.17. The molecule has 1 aromatic carbocycles. The molecule has 0 aromatic heterocycles. The molecule has 0 fully saturated rings. The fourth-order valence-corrected chi connectivity index (χ4v) is 1.03. The van der Waals surface area contributed by atoms with Crippen molar-refractivity contribution in [3.05, 3.63) is 41.5 Å². The highest BCUT2D eigenvalue weighted by molar-refractivity contribution is 5.47. The molecule has 0 unspecified atom stereocenters. The zero-order chi connectivity index (χ0) is 8.97. The molecule has 64 valence electrons. The molecule has 0 spiro atoms. The fraction of sp³-hybridized carbons (Fsp3) is 0.273. The lowest BCUT2D eigenvalue weighted by Crippen LogP contribution is -1.91. The van der Waals surface area contributed by atoms with Gasteiger partial charge in [-0.25, -0.2) is 0 Å². The van der Waals surface area contributed by atoms with E-state index in [0.29, 0.717) is 0 Å². The summed E-state index contributed by atoms with van der Waals surface area (Å²) in [5.74, 6) is 0. The smallest absolute Gasteiger partial charge is 0.0349 e. The number of rotatable bonds is 2.